The number of rotatable bonds is 3. The van der Waals surface area contributed by atoms with Gasteiger partial charge in [-0.2, -0.15) is 0 Å². The topological polar surface area (TPSA) is 121 Å². The lowest BCUT2D eigenvalue weighted by Crippen LogP contribution is -2.49. The molecule has 0 spiro atoms. The van der Waals surface area contributed by atoms with Crippen LogP contribution >= 0.6 is 0 Å². The van der Waals surface area contributed by atoms with Crippen molar-refractivity contribution in [3.8, 4) is 0 Å². The number of nitrogens with two attached hydrogens (primary N) is 1. The summed E-state index contributed by atoms with van der Waals surface area (Å²) in [5.74, 6) is -1.69. The Morgan fingerprint density at radius 1 is 1.44 bits per heavy atom. The highest BCUT2D eigenvalue weighted by molar-refractivity contribution is 6.02. The zero-order valence-corrected chi connectivity index (χ0v) is 9.85. The molecule has 0 radical (unpaired) electrons. The largest absolute Gasteiger partial charge is 0.477 e. The second-order valence-electron chi connectivity index (χ2n) is 4.46. The van der Waals surface area contributed by atoms with Gasteiger partial charge in [0.1, 0.15) is 0 Å². The van der Waals surface area contributed by atoms with E-state index >= 15 is 0 Å². The molecule has 2 unspecified atom stereocenters. The molecule has 0 aliphatic heterocycles. The van der Waals surface area contributed by atoms with Gasteiger partial charge in [0.2, 0.25) is 0 Å². The van der Waals surface area contributed by atoms with Gasteiger partial charge in [-0.3, -0.25) is 4.79 Å². The van der Waals surface area contributed by atoms with Gasteiger partial charge in [-0.05, 0) is 12.8 Å². The Morgan fingerprint density at radius 2 is 2.17 bits per heavy atom. The van der Waals surface area contributed by atoms with Crippen LogP contribution in [-0.4, -0.2) is 39.0 Å². The quantitative estimate of drug-likeness (QED) is 0.608. The van der Waals surface area contributed by atoms with Crippen LogP contribution in [0.2, 0.25) is 0 Å². The molecule has 18 heavy (non-hydrogen) atoms. The molecule has 1 amide bonds. The Balaban J connectivity index is 2.07. The highest BCUT2D eigenvalue weighted by atomic mass is 16.4. The number of imidazole rings is 1. The fourth-order valence-corrected chi connectivity index (χ4v) is 2.20. The highest BCUT2D eigenvalue weighted by Crippen LogP contribution is 2.17. The van der Waals surface area contributed by atoms with E-state index in [1.807, 2.05) is 0 Å². The molecule has 1 aliphatic carbocycles. The highest BCUT2D eigenvalue weighted by Gasteiger charge is 2.26. The summed E-state index contributed by atoms with van der Waals surface area (Å²) in [6.45, 7) is 0. The van der Waals surface area contributed by atoms with Crippen LogP contribution in [0.15, 0.2) is 6.33 Å². The van der Waals surface area contributed by atoms with E-state index in [1.165, 1.54) is 6.33 Å². The molecule has 0 saturated heterocycles. The number of nitrogens with zero attached hydrogens (tertiary/aromatic N) is 1. The molecule has 1 fully saturated rings. The number of nitrogens with one attached hydrogen (secondary N) is 2. The second kappa shape index (κ2) is 5.18. The van der Waals surface area contributed by atoms with Crippen LogP contribution in [0.5, 0.6) is 0 Å². The maximum Gasteiger partial charge on any atom is 0.354 e. The first-order chi connectivity index (χ1) is 8.59. The van der Waals surface area contributed by atoms with Crippen LogP contribution < -0.4 is 11.1 Å². The van der Waals surface area contributed by atoms with E-state index in [0.717, 1.165) is 25.7 Å². The van der Waals surface area contributed by atoms with Gasteiger partial charge in [-0.1, -0.05) is 12.8 Å². The SMILES string of the molecule is NC1CCCCC1NC(=O)c1nc[nH]c1C(=O)O. The Hall–Kier alpha value is -1.89. The summed E-state index contributed by atoms with van der Waals surface area (Å²) in [5.41, 5.74) is 5.62. The van der Waals surface area contributed by atoms with E-state index in [4.69, 9.17) is 10.8 Å². The van der Waals surface area contributed by atoms with Gasteiger partial charge in [0.15, 0.2) is 11.4 Å². The minimum Gasteiger partial charge on any atom is -0.477 e. The van der Waals surface area contributed by atoms with Gasteiger partial charge in [-0.25, -0.2) is 9.78 Å². The van der Waals surface area contributed by atoms with E-state index in [-0.39, 0.29) is 23.5 Å². The zero-order valence-electron chi connectivity index (χ0n) is 9.85. The third kappa shape index (κ3) is 2.51. The lowest BCUT2D eigenvalue weighted by atomic mass is 9.91. The molecule has 2 atom stereocenters. The van der Waals surface area contributed by atoms with Crippen LogP contribution in [0.3, 0.4) is 0 Å². The number of carboxylic acid groups (broad SMARTS) is 1. The number of aromatic nitrogens is 2. The van der Waals surface area contributed by atoms with Crippen molar-refractivity contribution in [2.45, 2.75) is 37.8 Å². The van der Waals surface area contributed by atoms with Gasteiger partial charge in [0.25, 0.3) is 5.91 Å². The number of carboxylic acids is 1. The molecule has 1 saturated carbocycles. The van der Waals surface area contributed by atoms with Crippen LogP contribution in [0, 0.1) is 0 Å². The van der Waals surface area contributed by atoms with Gasteiger partial charge in [0.05, 0.1) is 6.33 Å². The molecule has 1 aromatic heterocycles. The molecule has 1 heterocycles. The number of aromatic amines is 1. The first-order valence-corrected chi connectivity index (χ1v) is 5.92. The van der Waals surface area contributed by atoms with Gasteiger partial charge in [0, 0.05) is 12.1 Å². The molecule has 1 aromatic rings. The minimum atomic E-state index is -1.20. The number of aromatic carboxylic acids is 1. The predicted octanol–water partition coefficient (Wildman–Crippen LogP) is 0.108. The summed E-state index contributed by atoms with van der Waals surface area (Å²) in [5, 5.41) is 11.6. The average molecular weight is 252 g/mol. The Kier molecular flexibility index (Phi) is 3.61. The predicted molar refractivity (Wildman–Crippen MR) is 63.2 cm³/mol. The van der Waals surface area contributed by atoms with E-state index in [9.17, 15) is 9.59 Å². The van der Waals surface area contributed by atoms with Crippen molar-refractivity contribution < 1.29 is 14.7 Å². The molecular formula is C11H16N4O3. The summed E-state index contributed by atoms with van der Waals surface area (Å²) in [4.78, 5) is 29.0. The standard InChI is InChI=1S/C11H16N4O3/c12-6-3-1-2-4-7(6)15-10(16)8-9(11(17)18)14-5-13-8/h5-7H,1-4,12H2,(H,13,14)(H,15,16)(H,17,18). The Morgan fingerprint density at radius 3 is 2.83 bits per heavy atom. The summed E-state index contributed by atoms with van der Waals surface area (Å²) in [7, 11) is 0. The van der Waals surface area contributed by atoms with Crippen molar-refractivity contribution in [2.24, 2.45) is 5.73 Å². The molecule has 98 valence electrons. The third-order valence-electron chi connectivity index (χ3n) is 3.20. The molecular weight excluding hydrogens is 236 g/mol. The number of carbonyl (C=O) groups is 2. The van der Waals surface area contributed by atoms with Crippen molar-refractivity contribution in [1.29, 1.82) is 0 Å². The maximum absolute atomic E-state index is 11.9. The Bertz CT molecular complexity index is 457. The fraction of sp³-hybridized carbons (Fsp3) is 0.545. The smallest absolute Gasteiger partial charge is 0.354 e. The van der Waals surface area contributed by atoms with E-state index in [2.05, 4.69) is 15.3 Å². The molecule has 5 N–H and O–H groups in total. The van der Waals surface area contributed by atoms with Crippen LogP contribution in [0.25, 0.3) is 0 Å². The van der Waals surface area contributed by atoms with Crippen molar-refractivity contribution in [3.63, 3.8) is 0 Å². The molecule has 0 bridgehead atoms. The third-order valence-corrected chi connectivity index (χ3v) is 3.20. The maximum atomic E-state index is 11.9. The van der Waals surface area contributed by atoms with Crippen molar-refractivity contribution in [2.75, 3.05) is 0 Å². The van der Waals surface area contributed by atoms with Gasteiger partial charge >= 0.3 is 5.97 Å². The first-order valence-electron chi connectivity index (χ1n) is 5.92. The lowest BCUT2D eigenvalue weighted by Gasteiger charge is -2.29. The van der Waals surface area contributed by atoms with Crippen LogP contribution in [-0.2, 0) is 0 Å². The van der Waals surface area contributed by atoms with Crippen LogP contribution in [0.1, 0.15) is 46.7 Å². The lowest BCUT2D eigenvalue weighted by molar-refractivity contribution is 0.0684. The van der Waals surface area contributed by atoms with E-state index < -0.39 is 11.9 Å². The van der Waals surface area contributed by atoms with Crippen molar-refractivity contribution in [1.82, 2.24) is 15.3 Å². The van der Waals surface area contributed by atoms with Gasteiger partial charge < -0.3 is 21.1 Å². The van der Waals surface area contributed by atoms with Gasteiger partial charge in [-0.15, -0.1) is 0 Å². The average Bonchev–Trinajstić information content (AvgIpc) is 2.81. The summed E-state index contributed by atoms with van der Waals surface area (Å²) in [6.07, 6.45) is 4.97. The second-order valence-corrected chi connectivity index (χ2v) is 4.46. The molecule has 2 rings (SSSR count). The number of hydrogen-bond donors (Lipinski definition) is 4. The fourth-order valence-electron chi connectivity index (χ4n) is 2.20. The van der Waals surface area contributed by atoms with E-state index in [1.54, 1.807) is 0 Å². The molecule has 7 heteroatoms. The summed E-state index contributed by atoms with van der Waals surface area (Å²) >= 11 is 0. The van der Waals surface area contributed by atoms with E-state index in [0.29, 0.717) is 0 Å². The molecule has 0 aromatic carbocycles. The minimum absolute atomic E-state index is 0.0741. The zero-order chi connectivity index (χ0) is 13.1. The van der Waals surface area contributed by atoms with Crippen molar-refractivity contribution in [3.05, 3.63) is 17.7 Å². The molecule has 7 nitrogen and oxygen atoms in total. The van der Waals surface area contributed by atoms with Crippen LogP contribution in [0.4, 0.5) is 0 Å². The number of carbonyl (C=O) groups excluding carboxylic acids is 1. The monoisotopic (exact) mass is 252 g/mol. The van der Waals surface area contributed by atoms with Crippen molar-refractivity contribution >= 4 is 11.9 Å². The normalized spacial score (nSPS) is 23.6. The summed E-state index contributed by atoms with van der Waals surface area (Å²) < 4.78 is 0. The number of H-pyrrole nitrogens is 1. The molecule has 1 aliphatic rings. The first kappa shape index (κ1) is 12.6. The number of hydrogen-bond acceptors (Lipinski definition) is 4. The Labute approximate surface area is 104 Å². The summed E-state index contributed by atoms with van der Waals surface area (Å²) in [6, 6.07) is -0.181. The number of amides is 1.